The fraction of sp³-hybridized carbons (Fsp3) is 0.278. The number of quaternary nitrogens is 1. The number of piperazine rings is 1. The number of hydrogen-bond donors (Lipinski definition) is 2. The zero-order chi connectivity index (χ0) is 17.8. The Hall–Kier alpha value is -2.18. The molecule has 1 amide bonds. The van der Waals surface area contributed by atoms with Gasteiger partial charge in [0.1, 0.15) is 11.6 Å². The third-order valence-corrected chi connectivity index (χ3v) is 4.51. The highest BCUT2D eigenvalue weighted by Crippen LogP contribution is 2.18. The van der Waals surface area contributed by atoms with E-state index in [2.05, 4.69) is 10.2 Å². The van der Waals surface area contributed by atoms with Crippen molar-refractivity contribution in [2.45, 2.75) is 0 Å². The summed E-state index contributed by atoms with van der Waals surface area (Å²) in [5.41, 5.74) is 1.12. The summed E-state index contributed by atoms with van der Waals surface area (Å²) in [6.07, 6.45) is 0. The highest BCUT2D eigenvalue weighted by Gasteiger charge is 2.22. The molecule has 4 nitrogen and oxygen atoms in total. The Balaban J connectivity index is 1.50. The van der Waals surface area contributed by atoms with Gasteiger partial charge in [-0.25, -0.2) is 8.78 Å². The van der Waals surface area contributed by atoms with Gasteiger partial charge in [0.2, 0.25) is 0 Å². The molecule has 132 valence electrons. The minimum Gasteiger partial charge on any atom is -0.360 e. The molecule has 1 fully saturated rings. The Kier molecular flexibility index (Phi) is 5.50. The molecule has 1 heterocycles. The van der Waals surface area contributed by atoms with Gasteiger partial charge < -0.3 is 15.1 Å². The van der Waals surface area contributed by atoms with Crippen LogP contribution >= 0.6 is 11.6 Å². The summed E-state index contributed by atoms with van der Waals surface area (Å²) in [5.74, 6) is -1.03. The molecule has 25 heavy (non-hydrogen) atoms. The normalized spacial score (nSPS) is 15.2. The smallest absolute Gasteiger partial charge is 0.279 e. The summed E-state index contributed by atoms with van der Waals surface area (Å²) in [6.45, 7) is 3.41. The van der Waals surface area contributed by atoms with Gasteiger partial charge in [0.15, 0.2) is 6.54 Å². The number of amides is 1. The van der Waals surface area contributed by atoms with Crippen LogP contribution in [-0.2, 0) is 4.79 Å². The first-order chi connectivity index (χ1) is 12.0. The van der Waals surface area contributed by atoms with Gasteiger partial charge in [0.05, 0.1) is 31.9 Å². The van der Waals surface area contributed by atoms with Crippen molar-refractivity contribution >= 4 is 28.9 Å². The molecule has 1 aliphatic rings. The second-order valence-electron chi connectivity index (χ2n) is 6.06. The first-order valence-electron chi connectivity index (χ1n) is 8.10. The number of hydrogen-bond acceptors (Lipinski definition) is 2. The second kappa shape index (κ2) is 7.80. The van der Waals surface area contributed by atoms with Crippen LogP contribution in [0.25, 0.3) is 0 Å². The Bertz CT molecular complexity index is 746. The van der Waals surface area contributed by atoms with E-state index in [4.69, 9.17) is 11.6 Å². The Morgan fingerprint density at radius 3 is 2.44 bits per heavy atom. The minimum absolute atomic E-state index is 0.138. The predicted molar refractivity (Wildman–Crippen MR) is 94.2 cm³/mol. The number of carbonyl (C=O) groups is 1. The van der Waals surface area contributed by atoms with E-state index in [9.17, 15) is 13.6 Å². The van der Waals surface area contributed by atoms with Gasteiger partial charge in [-0.3, -0.25) is 4.79 Å². The summed E-state index contributed by atoms with van der Waals surface area (Å²) in [4.78, 5) is 15.4. The molecule has 2 N–H and O–H groups in total. The van der Waals surface area contributed by atoms with Crippen LogP contribution in [0.2, 0.25) is 5.02 Å². The molecule has 0 aliphatic carbocycles. The largest absolute Gasteiger partial charge is 0.360 e. The predicted octanol–water partition coefficient (Wildman–Crippen LogP) is 1.96. The van der Waals surface area contributed by atoms with Crippen molar-refractivity contribution in [3.05, 3.63) is 59.1 Å². The number of rotatable bonds is 4. The monoisotopic (exact) mass is 366 g/mol. The summed E-state index contributed by atoms with van der Waals surface area (Å²) >= 11 is 5.70. The number of nitrogens with one attached hydrogen (secondary N) is 2. The minimum atomic E-state index is -0.544. The van der Waals surface area contributed by atoms with E-state index < -0.39 is 5.82 Å². The lowest BCUT2D eigenvalue weighted by atomic mass is 10.2. The second-order valence-corrected chi connectivity index (χ2v) is 6.50. The molecular formula is C18H19ClF2N3O+. The third kappa shape index (κ3) is 4.67. The highest BCUT2D eigenvalue weighted by molar-refractivity contribution is 6.30. The fourth-order valence-electron chi connectivity index (χ4n) is 2.92. The molecular weight excluding hydrogens is 348 g/mol. The van der Waals surface area contributed by atoms with Crippen molar-refractivity contribution < 1.29 is 18.5 Å². The molecule has 2 aromatic carbocycles. The van der Waals surface area contributed by atoms with Gasteiger partial charge >= 0.3 is 0 Å². The van der Waals surface area contributed by atoms with Gasteiger partial charge in [-0.2, -0.15) is 0 Å². The van der Waals surface area contributed by atoms with Crippen LogP contribution in [0.4, 0.5) is 20.2 Å². The number of halogens is 3. The molecule has 7 heteroatoms. The van der Waals surface area contributed by atoms with Gasteiger partial charge in [0, 0.05) is 10.7 Å². The standard InChI is InChI=1S/C18H18ClF2N3O/c19-13-1-6-17(16(21)11-13)22-18(25)12-23-7-9-24(10-8-23)15-4-2-14(20)3-5-15/h1-6,11H,7-10,12H2,(H,22,25)/p+1. The van der Waals surface area contributed by atoms with Crippen LogP contribution in [0.1, 0.15) is 0 Å². The van der Waals surface area contributed by atoms with Gasteiger partial charge in [0.25, 0.3) is 5.91 Å². The number of nitrogens with zero attached hydrogens (tertiary/aromatic N) is 1. The fourth-order valence-corrected chi connectivity index (χ4v) is 3.08. The molecule has 1 saturated heterocycles. The maximum atomic E-state index is 13.7. The molecule has 1 aliphatic heterocycles. The van der Waals surface area contributed by atoms with Crippen LogP contribution in [0.5, 0.6) is 0 Å². The average molecular weight is 367 g/mol. The van der Waals surface area contributed by atoms with E-state index in [0.29, 0.717) is 0 Å². The SMILES string of the molecule is O=C(C[NH+]1CCN(c2ccc(F)cc2)CC1)Nc1ccc(Cl)cc1F. The molecule has 0 atom stereocenters. The van der Waals surface area contributed by atoms with Crippen LogP contribution in [0.3, 0.4) is 0 Å². The summed E-state index contributed by atoms with van der Waals surface area (Å²) in [7, 11) is 0. The third-order valence-electron chi connectivity index (χ3n) is 4.28. The summed E-state index contributed by atoms with van der Waals surface area (Å²) in [6, 6.07) is 10.6. The first kappa shape index (κ1) is 17.6. The number of benzene rings is 2. The van der Waals surface area contributed by atoms with Crippen LogP contribution in [0.15, 0.2) is 42.5 Å². The van der Waals surface area contributed by atoms with E-state index in [-0.39, 0.29) is 29.0 Å². The van der Waals surface area contributed by atoms with Crippen molar-refractivity contribution in [2.24, 2.45) is 0 Å². The van der Waals surface area contributed by atoms with Gasteiger partial charge in [-0.05, 0) is 42.5 Å². The molecule has 0 spiro atoms. The molecule has 0 radical (unpaired) electrons. The van der Waals surface area contributed by atoms with E-state index in [1.807, 2.05) is 0 Å². The van der Waals surface area contributed by atoms with E-state index in [1.165, 1.54) is 30.3 Å². The Labute approximate surface area is 150 Å². The van der Waals surface area contributed by atoms with E-state index in [0.717, 1.165) is 36.8 Å². The van der Waals surface area contributed by atoms with Gasteiger partial charge in [-0.1, -0.05) is 11.6 Å². The quantitative estimate of drug-likeness (QED) is 0.868. The highest BCUT2D eigenvalue weighted by atomic mass is 35.5. The van der Waals surface area contributed by atoms with Crippen molar-refractivity contribution in [1.82, 2.24) is 0 Å². The molecule has 0 saturated carbocycles. The maximum absolute atomic E-state index is 13.7. The number of anilines is 2. The zero-order valence-electron chi connectivity index (χ0n) is 13.6. The van der Waals surface area contributed by atoms with Crippen molar-refractivity contribution in [3.63, 3.8) is 0 Å². The van der Waals surface area contributed by atoms with Crippen molar-refractivity contribution in [2.75, 3.05) is 42.9 Å². The lowest BCUT2D eigenvalue weighted by Gasteiger charge is -2.33. The average Bonchev–Trinajstić information content (AvgIpc) is 2.59. The molecule has 0 bridgehead atoms. The summed E-state index contributed by atoms with van der Waals surface area (Å²) in [5, 5.41) is 2.88. The Morgan fingerprint density at radius 1 is 1.12 bits per heavy atom. The van der Waals surface area contributed by atoms with Gasteiger partial charge in [-0.15, -0.1) is 0 Å². The van der Waals surface area contributed by atoms with Crippen LogP contribution in [0, 0.1) is 11.6 Å². The van der Waals surface area contributed by atoms with Crippen molar-refractivity contribution in [3.8, 4) is 0 Å². The zero-order valence-corrected chi connectivity index (χ0v) is 14.3. The van der Waals surface area contributed by atoms with Crippen molar-refractivity contribution in [1.29, 1.82) is 0 Å². The van der Waals surface area contributed by atoms with E-state index >= 15 is 0 Å². The lowest BCUT2D eigenvalue weighted by Crippen LogP contribution is -3.15. The van der Waals surface area contributed by atoms with Crippen LogP contribution < -0.4 is 15.1 Å². The topological polar surface area (TPSA) is 36.8 Å². The molecule has 0 aromatic heterocycles. The van der Waals surface area contributed by atoms with Crippen LogP contribution in [-0.4, -0.2) is 38.6 Å². The first-order valence-corrected chi connectivity index (χ1v) is 8.48. The molecule has 2 aromatic rings. The lowest BCUT2D eigenvalue weighted by molar-refractivity contribution is -0.892. The molecule has 3 rings (SSSR count). The molecule has 0 unspecified atom stereocenters. The number of carbonyl (C=O) groups excluding carboxylic acids is 1. The summed E-state index contributed by atoms with van der Waals surface area (Å²) < 4.78 is 26.7. The maximum Gasteiger partial charge on any atom is 0.279 e. The van der Waals surface area contributed by atoms with E-state index in [1.54, 1.807) is 12.1 Å². The Morgan fingerprint density at radius 2 is 1.80 bits per heavy atom.